The molecule has 1 aromatic carbocycles. The molecule has 3 nitrogen and oxygen atoms in total. The Balaban J connectivity index is 0.00000242. The molecule has 0 amide bonds. The van der Waals surface area contributed by atoms with Crippen molar-refractivity contribution in [3.63, 3.8) is 0 Å². The highest BCUT2D eigenvalue weighted by molar-refractivity contribution is 8.93. The van der Waals surface area contributed by atoms with Crippen molar-refractivity contribution in [3.05, 3.63) is 28.6 Å². The molecule has 22 heavy (non-hydrogen) atoms. The van der Waals surface area contributed by atoms with Gasteiger partial charge in [-0.1, -0.05) is 41.5 Å². The standard InChI is InChI=1S/C17H24N2OS.BrH/c1-16(2,3)11-7-10(13-9-21-15(18)19-13)8-12(14(11)20)17(4,5)6;/h7-9,20H,1-6H3,(H2,18,19);1H. The lowest BCUT2D eigenvalue weighted by molar-refractivity contribution is 0.423. The number of thiazole rings is 1. The van der Waals surface area contributed by atoms with Gasteiger partial charge in [0.25, 0.3) is 0 Å². The number of phenolic OH excluding ortho intramolecular Hbond substituents is 1. The van der Waals surface area contributed by atoms with E-state index in [0.29, 0.717) is 10.9 Å². The van der Waals surface area contributed by atoms with Crippen LogP contribution >= 0.6 is 28.3 Å². The first-order chi connectivity index (χ1) is 9.50. The average Bonchev–Trinajstić information content (AvgIpc) is 2.73. The van der Waals surface area contributed by atoms with Crippen LogP contribution in [0.3, 0.4) is 0 Å². The maximum Gasteiger partial charge on any atom is 0.180 e. The van der Waals surface area contributed by atoms with Crippen LogP contribution in [-0.4, -0.2) is 10.1 Å². The topological polar surface area (TPSA) is 59.1 Å². The molecule has 2 aromatic rings. The fourth-order valence-corrected chi connectivity index (χ4v) is 2.92. The van der Waals surface area contributed by atoms with E-state index in [1.807, 2.05) is 17.5 Å². The smallest absolute Gasteiger partial charge is 0.180 e. The Morgan fingerprint density at radius 3 is 1.77 bits per heavy atom. The van der Waals surface area contributed by atoms with E-state index in [2.05, 4.69) is 46.5 Å². The summed E-state index contributed by atoms with van der Waals surface area (Å²) in [6.07, 6.45) is 0. The Morgan fingerprint density at radius 2 is 1.45 bits per heavy atom. The van der Waals surface area contributed by atoms with E-state index in [9.17, 15) is 5.11 Å². The zero-order valence-corrected chi connectivity index (χ0v) is 16.5. The van der Waals surface area contributed by atoms with E-state index in [0.717, 1.165) is 22.4 Å². The van der Waals surface area contributed by atoms with Gasteiger partial charge in [0.15, 0.2) is 5.13 Å². The molecule has 0 atom stereocenters. The quantitative estimate of drug-likeness (QED) is 0.703. The first-order valence-electron chi connectivity index (χ1n) is 7.09. The molecule has 2 rings (SSSR count). The number of halogens is 1. The van der Waals surface area contributed by atoms with Gasteiger partial charge in [0.1, 0.15) is 5.75 Å². The van der Waals surface area contributed by atoms with Crippen molar-refractivity contribution in [3.8, 4) is 17.0 Å². The second kappa shape index (κ2) is 6.20. The predicted octanol–water partition coefficient (Wildman–Crippen LogP) is 5.27. The summed E-state index contributed by atoms with van der Waals surface area (Å²) >= 11 is 1.43. The number of nitrogen functional groups attached to an aromatic ring is 1. The number of hydrogen-bond acceptors (Lipinski definition) is 4. The van der Waals surface area contributed by atoms with E-state index >= 15 is 0 Å². The minimum atomic E-state index is -0.137. The summed E-state index contributed by atoms with van der Waals surface area (Å²) in [6.45, 7) is 12.6. The molecule has 0 unspecified atom stereocenters. The Labute approximate surface area is 147 Å². The molecule has 0 saturated carbocycles. The minimum absolute atomic E-state index is 0. The number of aromatic nitrogens is 1. The fourth-order valence-electron chi connectivity index (χ4n) is 2.35. The normalized spacial score (nSPS) is 12.1. The van der Waals surface area contributed by atoms with Crippen LogP contribution in [0.1, 0.15) is 52.7 Å². The molecule has 0 bridgehead atoms. The maximum atomic E-state index is 10.7. The van der Waals surface area contributed by atoms with Crippen molar-refractivity contribution >= 4 is 33.4 Å². The number of rotatable bonds is 1. The summed E-state index contributed by atoms with van der Waals surface area (Å²) in [7, 11) is 0. The number of anilines is 1. The Hall–Kier alpha value is -1.07. The van der Waals surface area contributed by atoms with Crippen LogP contribution in [-0.2, 0) is 10.8 Å². The average molecular weight is 385 g/mol. The first-order valence-corrected chi connectivity index (χ1v) is 7.97. The third-order valence-corrected chi connectivity index (χ3v) is 4.22. The molecule has 1 heterocycles. The minimum Gasteiger partial charge on any atom is -0.507 e. The maximum absolute atomic E-state index is 10.7. The highest BCUT2D eigenvalue weighted by Crippen LogP contribution is 2.42. The first kappa shape index (κ1) is 19.0. The van der Waals surface area contributed by atoms with Gasteiger partial charge in [0.2, 0.25) is 0 Å². The van der Waals surface area contributed by atoms with Crippen molar-refractivity contribution in [1.82, 2.24) is 4.98 Å². The number of aromatic hydroxyl groups is 1. The van der Waals surface area contributed by atoms with Gasteiger partial charge in [-0.15, -0.1) is 28.3 Å². The van der Waals surface area contributed by atoms with Crippen molar-refractivity contribution in [2.75, 3.05) is 5.73 Å². The molecule has 5 heteroatoms. The van der Waals surface area contributed by atoms with Gasteiger partial charge < -0.3 is 10.8 Å². The second-order valence-electron chi connectivity index (χ2n) is 7.49. The number of phenols is 1. The molecule has 3 N–H and O–H groups in total. The number of nitrogens with zero attached hydrogens (tertiary/aromatic N) is 1. The van der Waals surface area contributed by atoms with Crippen LogP contribution in [0.4, 0.5) is 5.13 Å². The van der Waals surface area contributed by atoms with Crippen molar-refractivity contribution in [1.29, 1.82) is 0 Å². The monoisotopic (exact) mass is 384 g/mol. The second-order valence-corrected chi connectivity index (χ2v) is 8.38. The largest absolute Gasteiger partial charge is 0.507 e. The van der Waals surface area contributed by atoms with E-state index in [4.69, 9.17) is 5.73 Å². The van der Waals surface area contributed by atoms with Crippen LogP contribution in [0.25, 0.3) is 11.3 Å². The van der Waals surface area contributed by atoms with E-state index < -0.39 is 0 Å². The molecular weight excluding hydrogens is 360 g/mol. The molecule has 0 radical (unpaired) electrons. The Kier molecular flexibility index (Phi) is 5.35. The van der Waals surface area contributed by atoms with Gasteiger partial charge in [-0.05, 0) is 23.0 Å². The molecule has 0 spiro atoms. The molecule has 0 fully saturated rings. The number of nitrogens with two attached hydrogens (primary N) is 1. The zero-order chi connectivity index (χ0) is 16.0. The van der Waals surface area contributed by atoms with Gasteiger partial charge in [-0.2, -0.15) is 0 Å². The summed E-state index contributed by atoms with van der Waals surface area (Å²) in [4.78, 5) is 4.37. The molecule has 122 valence electrons. The molecular formula is C17H25BrN2OS. The lowest BCUT2D eigenvalue weighted by Gasteiger charge is -2.28. The van der Waals surface area contributed by atoms with Crippen molar-refractivity contribution in [2.45, 2.75) is 52.4 Å². The Morgan fingerprint density at radius 1 is 1.00 bits per heavy atom. The van der Waals surface area contributed by atoms with Crippen LogP contribution < -0.4 is 5.73 Å². The van der Waals surface area contributed by atoms with Crippen LogP contribution in [0.15, 0.2) is 17.5 Å². The van der Waals surface area contributed by atoms with Gasteiger partial charge in [0.05, 0.1) is 5.69 Å². The van der Waals surface area contributed by atoms with Gasteiger partial charge in [-0.3, -0.25) is 0 Å². The summed E-state index contributed by atoms with van der Waals surface area (Å²) in [5, 5.41) is 13.2. The summed E-state index contributed by atoms with van der Waals surface area (Å²) in [5.74, 6) is 0.391. The highest BCUT2D eigenvalue weighted by Gasteiger charge is 2.27. The molecule has 1 aromatic heterocycles. The molecule has 0 saturated heterocycles. The zero-order valence-electron chi connectivity index (χ0n) is 14.0. The van der Waals surface area contributed by atoms with Gasteiger partial charge in [0, 0.05) is 22.1 Å². The number of benzene rings is 1. The lowest BCUT2D eigenvalue weighted by atomic mass is 9.78. The number of hydrogen-bond donors (Lipinski definition) is 2. The van der Waals surface area contributed by atoms with E-state index in [1.54, 1.807) is 0 Å². The molecule has 0 aliphatic heterocycles. The fraction of sp³-hybridized carbons (Fsp3) is 0.471. The molecule has 0 aliphatic rings. The van der Waals surface area contributed by atoms with E-state index in [-0.39, 0.29) is 27.8 Å². The summed E-state index contributed by atoms with van der Waals surface area (Å²) in [5.41, 5.74) is 9.24. The van der Waals surface area contributed by atoms with Crippen LogP contribution in [0, 0.1) is 0 Å². The van der Waals surface area contributed by atoms with Gasteiger partial charge >= 0.3 is 0 Å². The lowest BCUT2D eigenvalue weighted by Crippen LogP contribution is -2.17. The SMILES string of the molecule is Br.CC(C)(C)c1cc(-c2csc(N)n2)cc(C(C)(C)C)c1O. The third kappa shape index (κ3) is 3.82. The molecule has 0 aliphatic carbocycles. The summed E-state index contributed by atoms with van der Waals surface area (Å²) in [6, 6.07) is 4.05. The van der Waals surface area contributed by atoms with Crippen molar-refractivity contribution < 1.29 is 5.11 Å². The van der Waals surface area contributed by atoms with Crippen LogP contribution in [0.2, 0.25) is 0 Å². The van der Waals surface area contributed by atoms with Gasteiger partial charge in [-0.25, -0.2) is 4.98 Å². The van der Waals surface area contributed by atoms with E-state index in [1.165, 1.54) is 11.3 Å². The summed E-state index contributed by atoms with van der Waals surface area (Å²) < 4.78 is 0. The highest BCUT2D eigenvalue weighted by atomic mass is 79.9. The Bertz CT molecular complexity index is 631. The van der Waals surface area contributed by atoms with Crippen molar-refractivity contribution in [2.24, 2.45) is 0 Å². The third-order valence-electron chi connectivity index (χ3n) is 3.54. The van der Waals surface area contributed by atoms with Crippen LogP contribution in [0.5, 0.6) is 5.75 Å². The predicted molar refractivity (Wildman–Crippen MR) is 101 cm³/mol.